The number of hydrogen-bond acceptors (Lipinski definition) is 5. The van der Waals surface area contributed by atoms with Crippen molar-refractivity contribution in [2.24, 2.45) is 5.92 Å². The lowest BCUT2D eigenvalue weighted by atomic mass is 10.0. The minimum absolute atomic E-state index is 0.307. The SMILES string of the molecule is CCN1CCN([C@@H](CC(C)C)c2nnnn2C(C)C)CC1. The molecule has 0 bridgehead atoms. The Bertz CT molecular complexity index is 420. The molecule has 6 heteroatoms. The summed E-state index contributed by atoms with van der Waals surface area (Å²) in [6.07, 6.45) is 1.11. The number of nitrogens with zero attached hydrogens (tertiary/aromatic N) is 6. The fourth-order valence-electron chi connectivity index (χ4n) is 3.04. The van der Waals surface area contributed by atoms with E-state index in [9.17, 15) is 0 Å². The van der Waals surface area contributed by atoms with E-state index in [0.29, 0.717) is 18.0 Å². The summed E-state index contributed by atoms with van der Waals surface area (Å²) < 4.78 is 1.99. The number of aromatic nitrogens is 4. The zero-order valence-electron chi connectivity index (χ0n) is 14.2. The Labute approximate surface area is 128 Å². The third-order valence-corrected chi connectivity index (χ3v) is 4.29. The van der Waals surface area contributed by atoms with Crippen molar-refractivity contribution in [3.63, 3.8) is 0 Å². The molecule has 0 amide bonds. The third-order valence-electron chi connectivity index (χ3n) is 4.29. The van der Waals surface area contributed by atoms with Crippen LogP contribution >= 0.6 is 0 Å². The average Bonchev–Trinajstić information content (AvgIpc) is 2.94. The quantitative estimate of drug-likeness (QED) is 0.803. The summed E-state index contributed by atoms with van der Waals surface area (Å²) in [5, 5.41) is 12.5. The molecule has 6 nitrogen and oxygen atoms in total. The molecule has 0 radical (unpaired) electrons. The standard InChI is InChI=1S/C15H30N6/c1-6-19-7-9-20(10-8-19)14(11-12(2)3)15-16-17-18-21(15)13(4)5/h12-14H,6-11H2,1-5H3/t14-/m0/s1. The zero-order valence-corrected chi connectivity index (χ0v) is 14.2. The lowest BCUT2D eigenvalue weighted by molar-refractivity contribution is 0.0826. The molecule has 0 saturated carbocycles. The molecule has 1 aliphatic rings. The summed E-state index contributed by atoms with van der Waals surface area (Å²) in [5.41, 5.74) is 0. The maximum Gasteiger partial charge on any atom is 0.168 e. The van der Waals surface area contributed by atoms with Gasteiger partial charge in [-0.15, -0.1) is 5.10 Å². The lowest BCUT2D eigenvalue weighted by Crippen LogP contribution is -2.48. The lowest BCUT2D eigenvalue weighted by Gasteiger charge is -2.39. The van der Waals surface area contributed by atoms with Crippen LogP contribution in [-0.4, -0.2) is 62.7 Å². The zero-order chi connectivity index (χ0) is 15.4. The summed E-state index contributed by atoms with van der Waals surface area (Å²) in [5.74, 6) is 1.67. The molecule has 0 spiro atoms. The van der Waals surface area contributed by atoms with Gasteiger partial charge in [0, 0.05) is 26.2 Å². The topological polar surface area (TPSA) is 50.1 Å². The second kappa shape index (κ2) is 7.31. The molecule has 120 valence electrons. The fraction of sp³-hybridized carbons (Fsp3) is 0.933. The van der Waals surface area contributed by atoms with E-state index in [1.165, 1.54) is 0 Å². The van der Waals surface area contributed by atoms with Crippen LogP contribution in [0, 0.1) is 5.92 Å². The van der Waals surface area contributed by atoms with Crippen LogP contribution in [0.5, 0.6) is 0 Å². The Kier molecular flexibility index (Phi) is 5.70. The minimum atomic E-state index is 0.307. The molecule has 1 atom stereocenters. The van der Waals surface area contributed by atoms with Crippen molar-refractivity contribution in [2.45, 2.75) is 53.1 Å². The first kappa shape index (κ1) is 16.4. The molecule has 0 unspecified atom stereocenters. The summed E-state index contributed by atoms with van der Waals surface area (Å²) in [4.78, 5) is 5.07. The maximum absolute atomic E-state index is 4.35. The Hall–Kier alpha value is -1.01. The van der Waals surface area contributed by atoms with E-state index in [2.05, 4.69) is 59.9 Å². The smallest absolute Gasteiger partial charge is 0.168 e. The molecule has 0 aliphatic carbocycles. The van der Waals surface area contributed by atoms with E-state index >= 15 is 0 Å². The molecular formula is C15H30N6. The van der Waals surface area contributed by atoms with E-state index in [1.54, 1.807) is 0 Å². The van der Waals surface area contributed by atoms with Crippen molar-refractivity contribution < 1.29 is 0 Å². The Morgan fingerprint density at radius 3 is 2.24 bits per heavy atom. The van der Waals surface area contributed by atoms with Crippen LogP contribution in [0.15, 0.2) is 0 Å². The maximum atomic E-state index is 4.35. The molecule has 2 heterocycles. The second-order valence-corrected chi connectivity index (χ2v) is 6.69. The molecule has 21 heavy (non-hydrogen) atoms. The fourth-order valence-corrected chi connectivity index (χ4v) is 3.04. The highest BCUT2D eigenvalue weighted by atomic mass is 15.6. The van der Waals surface area contributed by atoms with Gasteiger partial charge >= 0.3 is 0 Å². The second-order valence-electron chi connectivity index (χ2n) is 6.69. The normalized spacial score (nSPS) is 19.6. The molecule has 1 aliphatic heterocycles. The number of hydrogen-bond donors (Lipinski definition) is 0. The van der Waals surface area contributed by atoms with Gasteiger partial charge in [-0.05, 0) is 43.2 Å². The van der Waals surface area contributed by atoms with Gasteiger partial charge in [-0.2, -0.15) is 0 Å². The van der Waals surface area contributed by atoms with Crippen molar-refractivity contribution in [2.75, 3.05) is 32.7 Å². The largest absolute Gasteiger partial charge is 0.301 e. The highest BCUT2D eigenvalue weighted by Gasteiger charge is 2.29. The first-order valence-corrected chi connectivity index (χ1v) is 8.27. The van der Waals surface area contributed by atoms with Crippen molar-refractivity contribution in [3.8, 4) is 0 Å². The van der Waals surface area contributed by atoms with E-state index in [4.69, 9.17) is 0 Å². The van der Waals surface area contributed by atoms with Crippen LogP contribution in [0.4, 0.5) is 0 Å². The van der Waals surface area contributed by atoms with Crippen LogP contribution < -0.4 is 0 Å². The molecule has 1 fully saturated rings. The van der Waals surface area contributed by atoms with Gasteiger partial charge in [-0.3, -0.25) is 4.90 Å². The molecule has 2 rings (SSSR count). The molecule has 0 aromatic carbocycles. The predicted octanol–water partition coefficient (Wildman–Crippen LogP) is 1.98. The van der Waals surface area contributed by atoms with Crippen molar-refractivity contribution >= 4 is 0 Å². The Morgan fingerprint density at radius 2 is 1.71 bits per heavy atom. The highest BCUT2D eigenvalue weighted by Crippen LogP contribution is 2.28. The summed E-state index contributed by atoms with van der Waals surface area (Å²) >= 11 is 0. The molecule has 1 aromatic heterocycles. The van der Waals surface area contributed by atoms with Crippen molar-refractivity contribution in [3.05, 3.63) is 5.82 Å². The summed E-state index contributed by atoms with van der Waals surface area (Å²) in [6.45, 7) is 16.7. The Morgan fingerprint density at radius 1 is 1.05 bits per heavy atom. The van der Waals surface area contributed by atoms with Crippen LogP contribution in [0.2, 0.25) is 0 Å². The van der Waals surface area contributed by atoms with Gasteiger partial charge < -0.3 is 4.90 Å². The molecule has 1 aromatic rings. The van der Waals surface area contributed by atoms with Gasteiger partial charge in [0.1, 0.15) is 0 Å². The summed E-state index contributed by atoms with van der Waals surface area (Å²) in [7, 11) is 0. The number of likely N-dealkylation sites (N-methyl/N-ethyl adjacent to an activating group) is 1. The third kappa shape index (κ3) is 4.01. The number of tetrazole rings is 1. The van der Waals surface area contributed by atoms with E-state index in [-0.39, 0.29) is 0 Å². The van der Waals surface area contributed by atoms with E-state index in [0.717, 1.165) is 45.0 Å². The van der Waals surface area contributed by atoms with Gasteiger partial charge in [0.25, 0.3) is 0 Å². The highest BCUT2D eigenvalue weighted by molar-refractivity contribution is 4.96. The van der Waals surface area contributed by atoms with Crippen molar-refractivity contribution in [1.29, 1.82) is 0 Å². The first-order chi connectivity index (χ1) is 10.0. The van der Waals surface area contributed by atoms with Crippen LogP contribution in [-0.2, 0) is 0 Å². The van der Waals surface area contributed by atoms with Crippen LogP contribution in [0.25, 0.3) is 0 Å². The van der Waals surface area contributed by atoms with E-state index in [1.807, 2.05) is 4.68 Å². The van der Waals surface area contributed by atoms with Gasteiger partial charge in [0.15, 0.2) is 5.82 Å². The van der Waals surface area contributed by atoms with Gasteiger partial charge in [-0.1, -0.05) is 20.8 Å². The number of rotatable bonds is 6. The van der Waals surface area contributed by atoms with Crippen molar-refractivity contribution in [1.82, 2.24) is 30.0 Å². The molecular weight excluding hydrogens is 264 g/mol. The van der Waals surface area contributed by atoms with Gasteiger partial charge in [0.05, 0.1) is 12.1 Å². The minimum Gasteiger partial charge on any atom is -0.301 e. The Balaban J connectivity index is 2.16. The van der Waals surface area contributed by atoms with Crippen LogP contribution in [0.3, 0.4) is 0 Å². The van der Waals surface area contributed by atoms with Crippen LogP contribution in [0.1, 0.15) is 58.9 Å². The molecule has 0 N–H and O–H groups in total. The summed E-state index contributed by atoms with van der Waals surface area (Å²) in [6, 6.07) is 0.642. The van der Waals surface area contributed by atoms with E-state index < -0.39 is 0 Å². The molecule has 1 saturated heterocycles. The number of piperazine rings is 1. The predicted molar refractivity (Wildman–Crippen MR) is 84.1 cm³/mol. The average molecular weight is 294 g/mol. The monoisotopic (exact) mass is 294 g/mol. The first-order valence-electron chi connectivity index (χ1n) is 8.27. The van der Waals surface area contributed by atoms with Gasteiger partial charge in [-0.25, -0.2) is 4.68 Å². The van der Waals surface area contributed by atoms with Gasteiger partial charge in [0.2, 0.25) is 0 Å².